The first-order chi connectivity index (χ1) is 8.06. The number of rotatable bonds is 3. The standard InChI is InChI=1S/C9H7F2N3O3/c1-17-5-3-2-4(14(15)16)6-7(5)12-13-8(6)9(10)11/h2-3,9H,1H3,(H,12,13). The normalized spacial score (nSPS) is 11.1. The maximum atomic E-state index is 12.7. The first kappa shape index (κ1) is 11.2. The zero-order chi connectivity index (χ0) is 12.6. The summed E-state index contributed by atoms with van der Waals surface area (Å²) in [6.07, 6.45) is -2.87. The van der Waals surface area contributed by atoms with Gasteiger partial charge in [-0.25, -0.2) is 8.78 Å². The highest BCUT2D eigenvalue weighted by atomic mass is 19.3. The molecule has 0 saturated carbocycles. The van der Waals surface area contributed by atoms with E-state index in [1.54, 1.807) is 0 Å². The first-order valence-corrected chi connectivity index (χ1v) is 4.53. The van der Waals surface area contributed by atoms with Gasteiger partial charge in [-0.15, -0.1) is 0 Å². The molecule has 1 aromatic heterocycles. The van der Waals surface area contributed by atoms with Crippen LogP contribution in [-0.4, -0.2) is 22.2 Å². The zero-order valence-corrected chi connectivity index (χ0v) is 8.61. The summed E-state index contributed by atoms with van der Waals surface area (Å²) in [5.41, 5.74) is -0.979. The number of methoxy groups -OCH3 is 1. The van der Waals surface area contributed by atoms with Crippen molar-refractivity contribution in [2.24, 2.45) is 0 Å². The molecule has 2 aromatic rings. The molecule has 1 N–H and O–H groups in total. The number of ether oxygens (including phenoxy) is 1. The smallest absolute Gasteiger partial charge is 0.281 e. The Morgan fingerprint density at radius 2 is 2.24 bits per heavy atom. The lowest BCUT2D eigenvalue weighted by Crippen LogP contribution is -1.93. The van der Waals surface area contributed by atoms with Gasteiger partial charge in [0.15, 0.2) is 0 Å². The van der Waals surface area contributed by atoms with Gasteiger partial charge < -0.3 is 4.74 Å². The summed E-state index contributed by atoms with van der Waals surface area (Å²) in [6.45, 7) is 0. The summed E-state index contributed by atoms with van der Waals surface area (Å²) in [6, 6.07) is 2.43. The predicted molar refractivity (Wildman–Crippen MR) is 54.3 cm³/mol. The van der Waals surface area contributed by atoms with Crippen LogP contribution in [0.2, 0.25) is 0 Å². The summed E-state index contributed by atoms with van der Waals surface area (Å²) < 4.78 is 30.3. The van der Waals surface area contributed by atoms with Gasteiger partial charge >= 0.3 is 0 Å². The Labute approximate surface area is 93.3 Å². The monoisotopic (exact) mass is 243 g/mol. The molecule has 2 rings (SSSR count). The second-order valence-electron chi connectivity index (χ2n) is 3.21. The molecule has 0 aliphatic rings. The average Bonchev–Trinajstić information content (AvgIpc) is 2.71. The predicted octanol–water partition coefficient (Wildman–Crippen LogP) is 2.42. The molecule has 0 amide bonds. The van der Waals surface area contributed by atoms with Gasteiger partial charge in [-0.05, 0) is 6.07 Å². The van der Waals surface area contributed by atoms with Crippen LogP contribution in [0.1, 0.15) is 12.1 Å². The summed E-state index contributed by atoms with van der Waals surface area (Å²) in [5.74, 6) is 0.203. The number of hydrogen-bond acceptors (Lipinski definition) is 4. The number of alkyl halides is 2. The van der Waals surface area contributed by atoms with Crippen molar-refractivity contribution in [3.8, 4) is 5.75 Å². The van der Waals surface area contributed by atoms with E-state index in [0.29, 0.717) is 0 Å². The molecule has 1 aromatic carbocycles. The fourth-order valence-electron chi connectivity index (χ4n) is 1.58. The SMILES string of the molecule is COc1ccc([N+](=O)[O-])c2c(C(F)F)[nH]nc12. The Kier molecular flexibility index (Phi) is 2.62. The molecule has 6 nitrogen and oxygen atoms in total. The van der Waals surface area contributed by atoms with E-state index in [0.717, 1.165) is 6.07 Å². The molecule has 0 aliphatic heterocycles. The first-order valence-electron chi connectivity index (χ1n) is 4.53. The number of H-pyrrole nitrogens is 1. The Bertz CT molecular complexity index is 582. The molecular weight excluding hydrogens is 236 g/mol. The molecule has 0 unspecified atom stereocenters. The van der Waals surface area contributed by atoms with Gasteiger partial charge in [0.1, 0.15) is 22.3 Å². The third-order valence-corrected chi connectivity index (χ3v) is 2.31. The van der Waals surface area contributed by atoms with Crippen LogP contribution in [-0.2, 0) is 0 Å². The molecule has 17 heavy (non-hydrogen) atoms. The van der Waals surface area contributed by atoms with E-state index < -0.39 is 22.7 Å². The molecular formula is C9H7F2N3O3. The molecule has 90 valence electrons. The van der Waals surface area contributed by atoms with E-state index in [-0.39, 0.29) is 16.7 Å². The summed E-state index contributed by atoms with van der Waals surface area (Å²) in [5, 5.41) is 16.3. The van der Waals surface area contributed by atoms with Crippen LogP contribution in [0, 0.1) is 10.1 Å². The number of benzene rings is 1. The molecule has 0 fully saturated rings. The van der Waals surface area contributed by atoms with Gasteiger partial charge in [0.05, 0.1) is 12.0 Å². The van der Waals surface area contributed by atoms with Crippen LogP contribution in [0.4, 0.5) is 14.5 Å². The highest BCUT2D eigenvalue weighted by Gasteiger charge is 2.25. The van der Waals surface area contributed by atoms with Crippen molar-refractivity contribution in [1.82, 2.24) is 10.2 Å². The molecule has 1 heterocycles. The Hall–Kier alpha value is -2.25. The quantitative estimate of drug-likeness (QED) is 0.663. The average molecular weight is 243 g/mol. The zero-order valence-electron chi connectivity index (χ0n) is 8.61. The summed E-state index contributed by atoms with van der Waals surface area (Å²) >= 11 is 0. The lowest BCUT2D eigenvalue weighted by Gasteiger charge is -2.01. The number of halogens is 2. The van der Waals surface area contributed by atoms with Crippen LogP contribution < -0.4 is 4.74 Å². The fourth-order valence-corrected chi connectivity index (χ4v) is 1.58. The van der Waals surface area contributed by atoms with Crippen molar-refractivity contribution < 1.29 is 18.4 Å². The maximum Gasteiger partial charge on any atom is 0.281 e. The highest BCUT2D eigenvalue weighted by molar-refractivity contribution is 5.94. The minimum atomic E-state index is -2.87. The van der Waals surface area contributed by atoms with E-state index in [9.17, 15) is 18.9 Å². The van der Waals surface area contributed by atoms with E-state index in [1.165, 1.54) is 13.2 Å². The molecule has 0 spiro atoms. The van der Waals surface area contributed by atoms with Gasteiger partial charge in [-0.3, -0.25) is 15.2 Å². The second-order valence-corrected chi connectivity index (χ2v) is 3.21. The maximum absolute atomic E-state index is 12.7. The third kappa shape index (κ3) is 1.67. The van der Waals surface area contributed by atoms with Crippen molar-refractivity contribution in [1.29, 1.82) is 0 Å². The van der Waals surface area contributed by atoms with E-state index in [1.807, 2.05) is 0 Å². The van der Waals surface area contributed by atoms with Gasteiger partial charge in [0.25, 0.3) is 12.1 Å². The van der Waals surface area contributed by atoms with Crippen molar-refractivity contribution >= 4 is 16.6 Å². The number of nitro benzene ring substituents is 1. The van der Waals surface area contributed by atoms with Gasteiger partial charge in [-0.1, -0.05) is 0 Å². The number of hydrogen-bond donors (Lipinski definition) is 1. The lowest BCUT2D eigenvalue weighted by molar-refractivity contribution is -0.383. The number of aromatic nitrogens is 2. The van der Waals surface area contributed by atoms with E-state index in [2.05, 4.69) is 10.2 Å². The summed E-state index contributed by atoms with van der Waals surface area (Å²) in [7, 11) is 1.33. The second kappa shape index (κ2) is 3.96. The number of nitrogens with zero attached hydrogens (tertiary/aromatic N) is 2. The van der Waals surface area contributed by atoms with Crippen molar-refractivity contribution in [3.63, 3.8) is 0 Å². The minimum absolute atomic E-state index is 0.0250. The topological polar surface area (TPSA) is 81.0 Å². The number of non-ortho nitro benzene ring substituents is 1. The molecule has 0 atom stereocenters. The van der Waals surface area contributed by atoms with E-state index in [4.69, 9.17) is 4.74 Å². The number of nitro groups is 1. The number of fused-ring (bicyclic) bond motifs is 1. The molecule has 0 bridgehead atoms. The van der Waals surface area contributed by atoms with Gasteiger partial charge in [-0.2, -0.15) is 5.10 Å². The van der Waals surface area contributed by atoms with Crippen LogP contribution in [0.15, 0.2) is 12.1 Å². The summed E-state index contributed by atoms with van der Waals surface area (Å²) in [4.78, 5) is 10.0. The number of aromatic amines is 1. The van der Waals surface area contributed by atoms with Crippen LogP contribution in [0.25, 0.3) is 10.9 Å². The molecule has 0 aliphatic carbocycles. The van der Waals surface area contributed by atoms with E-state index >= 15 is 0 Å². The lowest BCUT2D eigenvalue weighted by atomic mass is 10.1. The largest absolute Gasteiger partial charge is 0.494 e. The Balaban J connectivity index is 2.84. The fraction of sp³-hybridized carbons (Fsp3) is 0.222. The Morgan fingerprint density at radius 1 is 1.53 bits per heavy atom. The molecule has 0 saturated heterocycles. The highest BCUT2D eigenvalue weighted by Crippen LogP contribution is 2.36. The molecule has 0 radical (unpaired) electrons. The third-order valence-electron chi connectivity index (χ3n) is 2.31. The number of nitrogens with one attached hydrogen (secondary N) is 1. The van der Waals surface area contributed by atoms with Crippen LogP contribution >= 0.6 is 0 Å². The van der Waals surface area contributed by atoms with Crippen LogP contribution in [0.3, 0.4) is 0 Å². The Morgan fingerprint density at radius 3 is 2.76 bits per heavy atom. The van der Waals surface area contributed by atoms with Crippen molar-refractivity contribution in [3.05, 3.63) is 27.9 Å². The molecule has 8 heteroatoms. The van der Waals surface area contributed by atoms with Crippen molar-refractivity contribution in [2.75, 3.05) is 7.11 Å². The van der Waals surface area contributed by atoms with Gasteiger partial charge in [0.2, 0.25) is 0 Å². The minimum Gasteiger partial charge on any atom is -0.494 e. The van der Waals surface area contributed by atoms with Gasteiger partial charge in [0, 0.05) is 6.07 Å². The van der Waals surface area contributed by atoms with Crippen LogP contribution in [0.5, 0.6) is 5.75 Å². The van der Waals surface area contributed by atoms with Crippen molar-refractivity contribution in [2.45, 2.75) is 6.43 Å².